The number of benzene rings is 1. The summed E-state index contributed by atoms with van der Waals surface area (Å²) in [6.45, 7) is 2.00. The molecule has 0 unspecified atom stereocenters. The van der Waals surface area contributed by atoms with E-state index in [1.807, 2.05) is 25.1 Å². The van der Waals surface area contributed by atoms with E-state index in [-0.39, 0.29) is 0 Å². The minimum Gasteiger partial charge on any atom is -0.366 e. The maximum absolute atomic E-state index is 11.4. The molecule has 1 amide bonds. The van der Waals surface area contributed by atoms with Crippen molar-refractivity contribution in [1.29, 1.82) is 0 Å². The molecule has 0 aliphatic carbocycles. The molecule has 2 heterocycles. The normalized spacial score (nSPS) is 15.6. The molecule has 5 nitrogen and oxygen atoms in total. The van der Waals surface area contributed by atoms with Gasteiger partial charge in [0.1, 0.15) is 5.84 Å². The van der Waals surface area contributed by atoms with Crippen LogP contribution < -0.4 is 11.1 Å². The minimum absolute atomic E-state index is 0.444. The number of carbonyl (C=O) groups excluding carboxylic acids is 1. The lowest BCUT2D eigenvalue weighted by atomic mass is 10.2. The topological polar surface area (TPSA) is 80.4 Å². The van der Waals surface area contributed by atoms with Gasteiger partial charge in [0, 0.05) is 26.8 Å². The number of aliphatic imine (C=N–C) groups is 1. The van der Waals surface area contributed by atoms with Crippen LogP contribution in [0.25, 0.3) is 0 Å². The van der Waals surface area contributed by atoms with Gasteiger partial charge >= 0.3 is 0 Å². The van der Waals surface area contributed by atoms with Crippen LogP contribution in [0.2, 0.25) is 0 Å². The van der Waals surface area contributed by atoms with Gasteiger partial charge < -0.3 is 11.1 Å². The number of aromatic nitrogens is 1. The minimum atomic E-state index is -0.444. The molecule has 8 heteroatoms. The Morgan fingerprint density at radius 3 is 3.04 bits per heavy atom. The third-order valence-corrected chi connectivity index (χ3v) is 5.61. The first-order valence-electron chi connectivity index (χ1n) is 7.37. The van der Waals surface area contributed by atoms with Crippen molar-refractivity contribution < 1.29 is 4.79 Å². The number of carbonyl (C=O) groups is 1. The molecule has 0 radical (unpaired) electrons. The van der Waals surface area contributed by atoms with Gasteiger partial charge in [-0.3, -0.25) is 4.79 Å². The first-order chi connectivity index (χ1) is 12.0. The summed E-state index contributed by atoms with van der Waals surface area (Å²) in [5, 5.41) is 5.33. The van der Waals surface area contributed by atoms with Gasteiger partial charge in [-0.1, -0.05) is 17.8 Å². The van der Waals surface area contributed by atoms with Gasteiger partial charge in [-0.25, -0.2) is 9.98 Å². The van der Waals surface area contributed by atoms with Gasteiger partial charge in [-0.2, -0.15) is 0 Å². The van der Waals surface area contributed by atoms with E-state index in [9.17, 15) is 4.79 Å². The van der Waals surface area contributed by atoms with Crippen LogP contribution in [0.4, 0.5) is 5.82 Å². The standard InChI is InChI=1S/C17H15BrN4OS2/c1-10-8-24-9-15(21-10)22-17-14(6-12(18)7-20-17)25-13-4-2-3-11(5-13)16(19)23/h2-8H,9H2,1H3,(H2,19,23)(H,20,21,22). The Balaban J connectivity index is 1.92. The molecule has 1 aromatic heterocycles. The highest BCUT2D eigenvalue weighted by Gasteiger charge is 2.11. The summed E-state index contributed by atoms with van der Waals surface area (Å²) in [5.41, 5.74) is 6.90. The Morgan fingerprint density at radius 2 is 2.28 bits per heavy atom. The third kappa shape index (κ3) is 4.87. The molecule has 1 aromatic carbocycles. The highest BCUT2D eigenvalue weighted by atomic mass is 79.9. The number of amides is 1. The molecule has 0 fully saturated rings. The summed E-state index contributed by atoms with van der Waals surface area (Å²) < 4.78 is 0.868. The van der Waals surface area contributed by atoms with Crippen molar-refractivity contribution in [3.63, 3.8) is 0 Å². The first-order valence-corrected chi connectivity index (χ1v) is 10.0. The monoisotopic (exact) mass is 434 g/mol. The Labute approximate surface area is 162 Å². The van der Waals surface area contributed by atoms with E-state index in [2.05, 4.69) is 36.6 Å². The van der Waals surface area contributed by atoms with Crippen molar-refractivity contribution in [2.75, 3.05) is 5.75 Å². The SMILES string of the molecule is CC1=CSC/C(=N\c2ncc(Br)cc2Sc2cccc(C(N)=O)c2)N1. The van der Waals surface area contributed by atoms with Crippen LogP contribution >= 0.6 is 39.5 Å². The van der Waals surface area contributed by atoms with Gasteiger partial charge in [0.25, 0.3) is 0 Å². The predicted octanol–water partition coefficient (Wildman–Crippen LogP) is 4.32. The average molecular weight is 435 g/mol. The fraction of sp³-hybridized carbons (Fsp3) is 0.118. The van der Waals surface area contributed by atoms with E-state index in [0.29, 0.717) is 11.4 Å². The number of hydrogen-bond donors (Lipinski definition) is 2. The van der Waals surface area contributed by atoms with E-state index < -0.39 is 5.91 Å². The summed E-state index contributed by atoms with van der Waals surface area (Å²) in [6, 6.07) is 9.17. The smallest absolute Gasteiger partial charge is 0.248 e. The highest BCUT2D eigenvalue weighted by Crippen LogP contribution is 2.36. The van der Waals surface area contributed by atoms with Crippen LogP contribution in [0, 0.1) is 0 Å². The summed E-state index contributed by atoms with van der Waals surface area (Å²) in [7, 11) is 0. The van der Waals surface area contributed by atoms with Crippen molar-refractivity contribution in [3.05, 3.63) is 57.7 Å². The van der Waals surface area contributed by atoms with E-state index in [0.717, 1.165) is 31.5 Å². The first kappa shape index (κ1) is 18.0. The zero-order chi connectivity index (χ0) is 17.8. The molecule has 0 saturated heterocycles. The maximum atomic E-state index is 11.4. The second kappa shape index (κ2) is 8.07. The quantitative estimate of drug-likeness (QED) is 0.748. The van der Waals surface area contributed by atoms with Gasteiger partial charge in [-0.15, -0.1) is 11.8 Å². The zero-order valence-corrected chi connectivity index (χ0v) is 16.5. The Hall–Kier alpha value is -1.77. The molecule has 3 N–H and O–H groups in total. The lowest BCUT2D eigenvalue weighted by Gasteiger charge is -2.15. The molecule has 0 spiro atoms. The number of nitrogens with two attached hydrogens (primary N) is 1. The zero-order valence-electron chi connectivity index (χ0n) is 13.3. The summed E-state index contributed by atoms with van der Waals surface area (Å²) in [5.74, 6) is 1.83. The summed E-state index contributed by atoms with van der Waals surface area (Å²) in [4.78, 5) is 22.3. The maximum Gasteiger partial charge on any atom is 0.248 e. The second-order valence-corrected chi connectivity index (χ2v) is 8.15. The molecule has 1 aliphatic rings. The number of nitrogens with one attached hydrogen (secondary N) is 1. The Morgan fingerprint density at radius 1 is 1.44 bits per heavy atom. The van der Waals surface area contributed by atoms with Gasteiger partial charge in [-0.05, 0) is 52.5 Å². The number of rotatable bonds is 4. The largest absolute Gasteiger partial charge is 0.366 e. The number of nitrogens with zero attached hydrogens (tertiary/aromatic N) is 2. The summed E-state index contributed by atoms with van der Waals surface area (Å²) in [6.07, 6.45) is 1.72. The van der Waals surface area contributed by atoms with Crippen molar-refractivity contribution >= 4 is 57.0 Å². The fourth-order valence-electron chi connectivity index (χ4n) is 2.14. The fourth-order valence-corrected chi connectivity index (χ4v) is 4.27. The van der Waals surface area contributed by atoms with Crippen LogP contribution in [0.5, 0.6) is 0 Å². The average Bonchev–Trinajstić information content (AvgIpc) is 2.58. The predicted molar refractivity (Wildman–Crippen MR) is 107 cm³/mol. The van der Waals surface area contributed by atoms with Crippen LogP contribution in [-0.4, -0.2) is 22.5 Å². The number of primary amides is 1. The Bertz CT molecular complexity index is 883. The van der Waals surface area contributed by atoms with E-state index in [1.165, 1.54) is 11.8 Å². The van der Waals surface area contributed by atoms with Crippen LogP contribution in [-0.2, 0) is 0 Å². The van der Waals surface area contributed by atoms with Crippen molar-refractivity contribution in [2.45, 2.75) is 16.7 Å². The van der Waals surface area contributed by atoms with Gasteiger partial charge in [0.2, 0.25) is 5.91 Å². The number of amidine groups is 1. The second-order valence-electron chi connectivity index (χ2n) is 5.26. The van der Waals surface area contributed by atoms with Crippen molar-refractivity contribution in [1.82, 2.24) is 10.3 Å². The van der Waals surface area contributed by atoms with Crippen molar-refractivity contribution in [3.8, 4) is 0 Å². The third-order valence-electron chi connectivity index (χ3n) is 3.21. The molecule has 1 aliphatic heterocycles. The van der Waals surface area contributed by atoms with Gasteiger partial charge in [0.05, 0.1) is 10.6 Å². The number of halogens is 1. The molecule has 25 heavy (non-hydrogen) atoms. The van der Waals surface area contributed by atoms with E-state index in [1.54, 1.807) is 30.1 Å². The molecule has 3 rings (SSSR count). The van der Waals surface area contributed by atoms with E-state index >= 15 is 0 Å². The highest BCUT2D eigenvalue weighted by molar-refractivity contribution is 9.10. The lowest BCUT2D eigenvalue weighted by molar-refractivity contribution is 0.1000. The van der Waals surface area contributed by atoms with E-state index in [4.69, 9.17) is 5.73 Å². The lowest BCUT2D eigenvalue weighted by Crippen LogP contribution is -2.26. The van der Waals surface area contributed by atoms with Crippen LogP contribution in [0.15, 0.2) is 66.9 Å². The molecular weight excluding hydrogens is 420 g/mol. The number of hydrogen-bond acceptors (Lipinski definition) is 5. The van der Waals surface area contributed by atoms with Crippen molar-refractivity contribution in [2.24, 2.45) is 10.7 Å². The molecule has 0 bridgehead atoms. The molecule has 0 saturated carbocycles. The molecule has 0 atom stereocenters. The summed E-state index contributed by atoms with van der Waals surface area (Å²) >= 11 is 6.65. The van der Waals surface area contributed by atoms with Gasteiger partial charge in [0.15, 0.2) is 5.82 Å². The van der Waals surface area contributed by atoms with Crippen LogP contribution in [0.3, 0.4) is 0 Å². The molecular formula is C17H15BrN4OS2. The number of pyridine rings is 1. The number of thioether (sulfide) groups is 1. The molecule has 2 aromatic rings. The molecule has 128 valence electrons. The Kier molecular flexibility index (Phi) is 5.82. The number of allylic oxidation sites excluding steroid dienone is 1. The van der Waals surface area contributed by atoms with Crippen LogP contribution in [0.1, 0.15) is 17.3 Å².